The third kappa shape index (κ3) is 7.41. The summed E-state index contributed by atoms with van der Waals surface area (Å²) >= 11 is 1.57. The number of benzene rings is 3. The van der Waals surface area contributed by atoms with Gasteiger partial charge in [0.15, 0.2) is 0 Å². The summed E-state index contributed by atoms with van der Waals surface area (Å²) in [5.74, 6) is 1.86. The highest BCUT2D eigenvalue weighted by atomic mass is 32.2. The molecule has 3 rings (SSSR count). The molecule has 0 saturated carbocycles. The summed E-state index contributed by atoms with van der Waals surface area (Å²) in [7, 11) is 0. The topological polar surface area (TPSA) is 50.7 Å². The van der Waals surface area contributed by atoms with E-state index >= 15 is 0 Å². The van der Waals surface area contributed by atoms with Crippen LogP contribution in [-0.4, -0.2) is 17.9 Å². The van der Waals surface area contributed by atoms with Gasteiger partial charge in [0.2, 0.25) is 5.91 Å². The summed E-state index contributed by atoms with van der Waals surface area (Å²) in [6, 6.07) is 24.2. The van der Waals surface area contributed by atoms with Crippen LogP contribution in [0.2, 0.25) is 0 Å². The van der Waals surface area contributed by atoms with Gasteiger partial charge in [-0.2, -0.15) is 5.10 Å². The van der Waals surface area contributed by atoms with Crippen molar-refractivity contribution in [2.24, 2.45) is 5.10 Å². The molecule has 0 aromatic heterocycles. The summed E-state index contributed by atoms with van der Waals surface area (Å²) < 4.78 is 5.80. The van der Waals surface area contributed by atoms with Crippen LogP contribution in [0.4, 0.5) is 0 Å². The van der Waals surface area contributed by atoms with Gasteiger partial charge in [0.05, 0.1) is 12.0 Å². The minimum atomic E-state index is -0.110. The Kier molecular flexibility index (Phi) is 8.10. The fraction of sp³-hybridized carbons (Fsp3) is 0.200. The number of thioether (sulfide) groups is 1. The van der Waals surface area contributed by atoms with E-state index in [1.165, 1.54) is 16.7 Å². The molecule has 3 aromatic carbocycles. The van der Waals surface area contributed by atoms with E-state index in [-0.39, 0.29) is 5.91 Å². The zero-order valence-electron chi connectivity index (χ0n) is 17.3. The van der Waals surface area contributed by atoms with Gasteiger partial charge >= 0.3 is 0 Å². The molecule has 3 aromatic rings. The molecule has 1 N–H and O–H groups in total. The van der Waals surface area contributed by atoms with E-state index in [4.69, 9.17) is 4.74 Å². The molecular weight excluding hydrogens is 392 g/mol. The Morgan fingerprint density at radius 3 is 2.13 bits per heavy atom. The van der Waals surface area contributed by atoms with Crippen LogP contribution < -0.4 is 10.2 Å². The Morgan fingerprint density at radius 1 is 0.900 bits per heavy atom. The molecule has 0 aliphatic carbocycles. The number of nitrogens with zero attached hydrogens (tertiary/aromatic N) is 1. The molecule has 0 saturated heterocycles. The van der Waals surface area contributed by atoms with Crippen LogP contribution in [0.25, 0.3) is 0 Å². The molecule has 30 heavy (non-hydrogen) atoms. The Bertz CT molecular complexity index is 966. The summed E-state index contributed by atoms with van der Waals surface area (Å²) in [5.41, 5.74) is 8.29. The second-order valence-electron chi connectivity index (χ2n) is 7.11. The highest BCUT2D eigenvalue weighted by molar-refractivity contribution is 7.99. The number of hydrazone groups is 1. The number of carbonyl (C=O) groups excluding carboxylic acids is 1. The largest absolute Gasteiger partial charge is 0.489 e. The Morgan fingerprint density at radius 2 is 1.50 bits per heavy atom. The Labute approximate surface area is 182 Å². The fourth-order valence-electron chi connectivity index (χ4n) is 2.66. The summed E-state index contributed by atoms with van der Waals surface area (Å²) in [4.78, 5) is 11.9. The van der Waals surface area contributed by atoms with Gasteiger partial charge < -0.3 is 4.74 Å². The predicted molar refractivity (Wildman–Crippen MR) is 125 cm³/mol. The number of carbonyl (C=O) groups is 1. The standard InChI is InChI=1S/C25H26N2O2S/c1-19-3-7-22(8-4-19)16-29-24-13-11-21(12-14-24)15-26-27-25(28)18-30-17-23-9-5-20(2)6-10-23/h3-15H,16-18H2,1-2H3,(H,27,28)/b26-15-. The van der Waals surface area contributed by atoms with Gasteiger partial charge in [-0.25, -0.2) is 5.43 Å². The zero-order valence-corrected chi connectivity index (χ0v) is 18.1. The van der Waals surface area contributed by atoms with Gasteiger partial charge in [0.1, 0.15) is 12.4 Å². The number of ether oxygens (including phenoxy) is 1. The molecule has 0 unspecified atom stereocenters. The van der Waals surface area contributed by atoms with Gasteiger partial charge in [-0.15, -0.1) is 11.8 Å². The van der Waals surface area contributed by atoms with E-state index < -0.39 is 0 Å². The highest BCUT2D eigenvalue weighted by Gasteiger charge is 2.01. The average Bonchev–Trinajstić information content (AvgIpc) is 2.76. The smallest absolute Gasteiger partial charge is 0.250 e. The lowest BCUT2D eigenvalue weighted by atomic mass is 10.2. The molecule has 0 fully saturated rings. The fourth-order valence-corrected chi connectivity index (χ4v) is 3.44. The van der Waals surface area contributed by atoms with Crippen molar-refractivity contribution in [1.82, 2.24) is 5.43 Å². The number of amides is 1. The lowest BCUT2D eigenvalue weighted by Crippen LogP contribution is -2.19. The van der Waals surface area contributed by atoms with Crippen LogP contribution in [0.1, 0.15) is 27.8 Å². The first-order valence-corrected chi connectivity index (χ1v) is 11.0. The molecule has 0 bridgehead atoms. The van der Waals surface area contributed by atoms with Crippen LogP contribution >= 0.6 is 11.8 Å². The third-order valence-electron chi connectivity index (χ3n) is 4.43. The lowest BCUT2D eigenvalue weighted by Gasteiger charge is -2.07. The van der Waals surface area contributed by atoms with Gasteiger partial charge in [-0.3, -0.25) is 4.79 Å². The van der Waals surface area contributed by atoms with Crippen LogP contribution in [-0.2, 0) is 17.2 Å². The molecule has 1 amide bonds. The van der Waals surface area contributed by atoms with Crippen molar-refractivity contribution in [2.45, 2.75) is 26.2 Å². The first-order chi connectivity index (χ1) is 14.6. The van der Waals surface area contributed by atoms with Crippen molar-refractivity contribution in [3.63, 3.8) is 0 Å². The molecule has 0 radical (unpaired) electrons. The maximum atomic E-state index is 11.9. The molecule has 0 spiro atoms. The van der Waals surface area contributed by atoms with E-state index in [2.05, 4.69) is 72.9 Å². The molecule has 0 heterocycles. The van der Waals surface area contributed by atoms with Crippen molar-refractivity contribution < 1.29 is 9.53 Å². The number of rotatable bonds is 9. The van der Waals surface area contributed by atoms with E-state index in [0.717, 1.165) is 22.6 Å². The third-order valence-corrected chi connectivity index (χ3v) is 5.44. The summed E-state index contributed by atoms with van der Waals surface area (Å²) in [5, 5.41) is 4.03. The normalized spacial score (nSPS) is 10.9. The Hall–Kier alpha value is -3.05. The van der Waals surface area contributed by atoms with Crippen molar-refractivity contribution in [2.75, 3.05) is 5.75 Å². The summed E-state index contributed by atoms with van der Waals surface area (Å²) in [6.07, 6.45) is 1.63. The van der Waals surface area contributed by atoms with E-state index in [0.29, 0.717) is 12.4 Å². The van der Waals surface area contributed by atoms with Gasteiger partial charge in [-0.1, -0.05) is 59.7 Å². The maximum absolute atomic E-state index is 11.9. The molecule has 0 aliphatic heterocycles. The predicted octanol–water partition coefficient (Wildman–Crippen LogP) is 5.27. The van der Waals surface area contributed by atoms with Crippen molar-refractivity contribution in [1.29, 1.82) is 0 Å². The minimum absolute atomic E-state index is 0.110. The quantitative estimate of drug-likeness (QED) is 0.381. The summed E-state index contributed by atoms with van der Waals surface area (Å²) in [6.45, 7) is 4.66. The van der Waals surface area contributed by atoms with Crippen molar-refractivity contribution >= 4 is 23.9 Å². The molecule has 0 aliphatic rings. The van der Waals surface area contributed by atoms with Crippen molar-refractivity contribution in [3.8, 4) is 5.75 Å². The Balaban J connectivity index is 1.37. The average molecular weight is 419 g/mol. The number of hydrogen-bond donors (Lipinski definition) is 1. The molecule has 154 valence electrons. The first-order valence-electron chi connectivity index (χ1n) is 9.82. The lowest BCUT2D eigenvalue weighted by molar-refractivity contribution is -0.118. The second kappa shape index (κ2) is 11.2. The van der Waals surface area contributed by atoms with Crippen LogP contribution in [0.3, 0.4) is 0 Å². The maximum Gasteiger partial charge on any atom is 0.250 e. The first kappa shape index (κ1) is 21.7. The number of hydrogen-bond acceptors (Lipinski definition) is 4. The van der Waals surface area contributed by atoms with E-state index in [1.807, 2.05) is 24.3 Å². The molecule has 4 nitrogen and oxygen atoms in total. The SMILES string of the molecule is Cc1ccc(COc2ccc(/C=N\NC(=O)CSCc3ccc(C)cc3)cc2)cc1. The van der Waals surface area contributed by atoms with Gasteiger partial charge in [0.25, 0.3) is 0 Å². The van der Waals surface area contributed by atoms with E-state index in [9.17, 15) is 4.79 Å². The van der Waals surface area contributed by atoms with Crippen molar-refractivity contribution in [3.05, 3.63) is 101 Å². The van der Waals surface area contributed by atoms with Gasteiger partial charge in [-0.05, 0) is 54.8 Å². The monoisotopic (exact) mass is 418 g/mol. The van der Waals surface area contributed by atoms with E-state index in [1.54, 1.807) is 18.0 Å². The zero-order chi connectivity index (χ0) is 21.2. The van der Waals surface area contributed by atoms with Crippen LogP contribution in [0.5, 0.6) is 5.75 Å². The minimum Gasteiger partial charge on any atom is -0.489 e. The van der Waals surface area contributed by atoms with Crippen LogP contribution in [0, 0.1) is 13.8 Å². The second-order valence-corrected chi connectivity index (χ2v) is 8.10. The highest BCUT2D eigenvalue weighted by Crippen LogP contribution is 2.14. The molecular formula is C25H26N2O2S. The molecule has 0 atom stereocenters. The van der Waals surface area contributed by atoms with Gasteiger partial charge in [0, 0.05) is 5.75 Å². The number of aryl methyl sites for hydroxylation is 2. The molecule has 5 heteroatoms. The number of nitrogens with one attached hydrogen (secondary N) is 1. The van der Waals surface area contributed by atoms with Crippen LogP contribution in [0.15, 0.2) is 77.9 Å².